The summed E-state index contributed by atoms with van der Waals surface area (Å²) in [5.41, 5.74) is 6.10. The fraction of sp³-hybridized carbons (Fsp3) is 0.417. The summed E-state index contributed by atoms with van der Waals surface area (Å²) in [6.45, 7) is 1.41. The van der Waals surface area contributed by atoms with Gasteiger partial charge in [-0.15, -0.1) is 0 Å². The second-order valence-electron chi connectivity index (χ2n) is 4.39. The minimum atomic E-state index is -3.12. The van der Waals surface area contributed by atoms with Gasteiger partial charge in [0.2, 0.25) is 0 Å². The minimum Gasteiger partial charge on any atom is -0.482 e. The molecule has 7 heteroatoms. The van der Waals surface area contributed by atoms with Crippen LogP contribution in [-0.4, -0.2) is 39.0 Å². The van der Waals surface area contributed by atoms with E-state index in [1.165, 1.54) is 0 Å². The van der Waals surface area contributed by atoms with Gasteiger partial charge < -0.3 is 15.8 Å². The predicted octanol–water partition coefficient (Wildman–Crippen LogP) is 0.197. The number of nitrogen functional groups attached to an aromatic ring is 1. The Labute approximate surface area is 112 Å². The van der Waals surface area contributed by atoms with Crippen LogP contribution in [0.25, 0.3) is 0 Å². The van der Waals surface area contributed by atoms with Crippen LogP contribution in [0.4, 0.5) is 5.69 Å². The molecule has 0 aromatic heterocycles. The zero-order chi connectivity index (χ0) is 14.5. The fourth-order valence-electron chi connectivity index (χ4n) is 1.57. The Bertz CT molecular complexity index is 542. The topological polar surface area (TPSA) is 98.5 Å². The molecule has 0 aliphatic heterocycles. The van der Waals surface area contributed by atoms with Gasteiger partial charge >= 0.3 is 0 Å². The van der Waals surface area contributed by atoms with Gasteiger partial charge in [-0.2, -0.15) is 0 Å². The first kappa shape index (κ1) is 15.3. The zero-order valence-electron chi connectivity index (χ0n) is 10.9. The number of anilines is 1. The van der Waals surface area contributed by atoms with Crippen molar-refractivity contribution in [1.29, 1.82) is 0 Å². The van der Waals surface area contributed by atoms with Crippen LogP contribution in [0.15, 0.2) is 24.3 Å². The van der Waals surface area contributed by atoms with Crippen LogP contribution in [0.1, 0.15) is 6.92 Å². The van der Waals surface area contributed by atoms with E-state index in [4.69, 9.17) is 10.5 Å². The molecule has 1 rings (SSSR count). The van der Waals surface area contributed by atoms with E-state index < -0.39 is 15.9 Å². The predicted molar refractivity (Wildman–Crippen MR) is 73.7 cm³/mol. The summed E-state index contributed by atoms with van der Waals surface area (Å²) in [6.07, 6.45) is 1.12. The summed E-state index contributed by atoms with van der Waals surface area (Å²) in [6, 6.07) is 6.37. The quantitative estimate of drug-likeness (QED) is 0.728. The maximum atomic E-state index is 11.6. The molecule has 0 aliphatic carbocycles. The minimum absolute atomic E-state index is 0.105. The number of sulfone groups is 1. The van der Waals surface area contributed by atoms with Crippen molar-refractivity contribution in [1.82, 2.24) is 5.32 Å². The van der Waals surface area contributed by atoms with Crippen molar-refractivity contribution in [3.8, 4) is 5.75 Å². The average Bonchev–Trinajstić information content (AvgIpc) is 2.25. The lowest BCUT2D eigenvalue weighted by Gasteiger charge is -2.13. The monoisotopic (exact) mass is 286 g/mol. The van der Waals surface area contributed by atoms with Crippen molar-refractivity contribution in [2.75, 3.05) is 24.3 Å². The van der Waals surface area contributed by atoms with Gasteiger partial charge in [0.05, 0.1) is 11.4 Å². The third kappa shape index (κ3) is 6.10. The summed E-state index contributed by atoms with van der Waals surface area (Å²) in [7, 11) is -3.12. The third-order valence-corrected chi connectivity index (χ3v) is 3.34. The number of benzene rings is 1. The maximum Gasteiger partial charge on any atom is 0.258 e. The van der Waals surface area contributed by atoms with Gasteiger partial charge in [-0.25, -0.2) is 8.42 Å². The van der Waals surface area contributed by atoms with Crippen molar-refractivity contribution < 1.29 is 17.9 Å². The Kier molecular flexibility index (Phi) is 5.17. The number of rotatable bonds is 6. The molecular formula is C12H18N2O4S. The Morgan fingerprint density at radius 3 is 2.63 bits per heavy atom. The van der Waals surface area contributed by atoms with Gasteiger partial charge in [0.1, 0.15) is 15.6 Å². The Hall–Kier alpha value is -1.76. The summed E-state index contributed by atoms with van der Waals surface area (Å²) < 4.78 is 27.3. The number of nitrogens with one attached hydrogen (secondary N) is 1. The number of carbonyl (C=O) groups is 1. The highest BCUT2D eigenvalue weighted by molar-refractivity contribution is 7.90. The van der Waals surface area contributed by atoms with E-state index in [0.717, 1.165) is 6.26 Å². The van der Waals surface area contributed by atoms with Crippen molar-refractivity contribution in [3.05, 3.63) is 24.3 Å². The third-order valence-electron chi connectivity index (χ3n) is 2.24. The first-order valence-electron chi connectivity index (χ1n) is 5.72. The molecule has 0 heterocycles. The van der Waals surface area contributed by atoms with E-state index in [-0.39, 0.29) is 18.3 Å². The molecule has 0 saturated carbocycles. The average molecular weight is 286 g/mol. The maximum absolute atomic E-state index is 11.6. The number of carbonyl (C=O) groups excluding carboxylic acids is 1. The van der Waals surface area contributed by atoms with Crippen molar-refractivity contribution >= 4 is 21.4 Å². The van der Waals surface area contributed by atoms with E-state index in [0.29, 0.717) is 11.4 Å². The Balaban J connectivity index is 2.42. The lowest BCUT2D eigenvalue weighted by atomic mass is 10.3. The first-order chi connectivity index (χ1) is 8.78. The first-order valence-corrected chi connectivity index (χ1v) is 7.78. The van der Waals surface area contributed by atoms with E-state index in [2.05, 4.69) is 5.32 Å². The number of ether oxygens (including phenoxy) is 1. The fourth-order valence-corrected chi connectivity index (χ4v) is 2.56. The van der Waals surface area contributed by atoms with Gasteiger partial charge in [-0.1, -0.05) is 12.1 Å². The molecule has 19 heavy (non-hydrogen) atoms. The highest BCUT2D eigenvalue weighted by Crippen LogP contribution is 2.19. The van der Waals surface area contributed by atoms with Gasteiger partial charge in [0, 0.05) is 12.3 Å². The van der Waals surface area contributed by atoms with Crippen molar-refractivity contribution in [2.45, 2.75) is 13.0 Å². The molecular weight excluding hydrogens is 268 g/mol. The summed E-state index contributed by atoms with van der Waals surface area (Å²) in [5, 5.41) is 2.54. The number of amides is 1. The molecule has 106 valence electrons. The second-order valence-corrected chi connectivity index (χ2v) is 6.57. The summed E-state index contributed by atoms with van der Waals surface area (Å²) >= 11 is 0. The standard InChI is InChI=1S/C12H18N2O4S/c1-9(8-19(2,16)17)14-12(15)7-18-11-6-4-3-5-10(11)13/h3-6,9H,7-8,13H2,1-2H3,(H,14,15). The molecule has 0 spiro atoms. The summed E-state index contributed by atoms with van der Waals surface area (Å²) in [4.78, 5) is 11.6. The Morgan fingerprint density at radius 2 is 2.05 bits per heavy atom. The molecule has 0 saturated heterocycles. The molecule has 3 N–H and O–H groups in total. The second kappa shape index (κ2) is 6.42. The molecule has 0 bridgehead atoms. The van der Waals surface area contributed by atoms with Gasteiger partial charge in [0.15, 0.2) is 6.61 Å². The van der Waals surface area contributed by atoms with E-state index in [1.54, 1.807) is 31.2 Å². The van der Waals surface area contributed by atoms with Gasteiger partial charge in [-0.05, 0) is 19.1 Å². The number of nitrogens with two attached hydrogens (primary N) is 1. The largest absolute Gasteiger partial charge is 0.482 e. The highest BCUT2D eigenvalue weighted by Gasteiger charge is 2.13. The summed E-state index contributed by atoms with van der Waals surface area (Å²) in [5.74, 6) is -0.0699. The molecule has 0 fully saturated rings. The van der Waals surface area contributed by atoms with Gasteiger partial charge in [0.25, 0.3) is 5.91 Å². The van der Waals surface area contributed by atoms with E-state index in [1.807, 2.05) is 0 Å². The smallest absolute Gasteiger partial charge is 0.258 e. The van der Waals surface area contributed by atoms with E-state index >= 15 is 0 Å². The van der Waals surface area contributed by atoms with E-state index in [9.17, 15) is 13.2 Å². The van der Waals surface area contributed by atoms with Crippen LogP contribution in [0.2, 0.25) is 0 Å². The number of hydrogen-bond acceptors (Lipinski definition) is 5. The molecule has 1 amide bonds. The SMILES string of the molecule is CC(CS(C)(=O)=O)NC(=O)COc1ccccc1N. The van der Waals surface area contributed by atoms with Crippen LogP contribution in [0.3, 0.4) is 0 Å². The molecule has 1 atom stereocenters. The van der Waals surface area contributed by atoms with Crippen LogP contribution in [-0.2, 0) is 14.6 Å². The number of hydrogen-bond donors (Lipinski definition) is 2. The normalized spacial score (nSPS) is 12.7. The molecule has 1 aromatic carbocycles. The van der Waals surface area contributed by atoms with Gasteiger partial charge in [-0.3, -0.25) is 4.79 Å². The van der Waals surface area contributed by atoms with Crippen LogP contribution >= 0.6 is 0 Å². The lowest BCUT2D eigenvalue weighted by molar-refractivity contribution is -0.123. The molecule has 0 radical (unpaired) electrons. The Morgan fingerprint density at radius 1 is 1.42 bits per heavy atom. The molecule has 1 aromatic rings. The molecule has 0 aliphatic rings. The molecule has 6 nitrogen and oxygen atoms in total. The highest BCUT2D eigenvalue weighted by atomic mass is 32.2. The lowest BCUT2D eigenvalue weighted by Crippen LogP contribution is -2.39. The zero-order valence-corrected chi connectivity index (χ0v) is 11.7. The van der Waals surface area contributed by atoms with Crippen LogP contribution < -0.4 is 15.8 Å². The van der Waals surface area contributed by atoms with Crippen LogP contribution in [0, 0.1) is 0 Å². The number of para-hydroxylation sites is 2. The van der Waals surface area contributed by atoms with Crippen molar-refractivity contribution in [3.63, 3.8) is 0 Å². The van der Waals surface area contributed by atoms with Crippen molar-refractivity contribution in [2.24, 2.45) is 0 Å². The van der Waals surface area contributed by atoms with Crippen LogP contribution in [0.5, 0.6) is 5.75 Å². The molecule has 1 unspecified atom stereocenters.